The molecule has 1 saturated carbocycles. The number of hydrogen-bond donors (Lipinski definition) is 2. The fourth-order valence-electron chi connectivity index (χ4n) is 2.54. The van der Waals surface area contributed by atoms with Gasteiger partial charge in [-0.05, 0) is 12.8 Å². The average molecular weight is 278 g/mol. The maximum atomic E-state index is 11.9. The van der Waals surface area contributed by atoms with Crippen molar-refractivity contribution >= 4 is 11.8 Å². The van der Waals surface area contributed by atoms with E-state index in [-0.39, 0.29) is 17.7 Å². The Labute approximate surface area is 118 Å². The minimum Gasteiger partial charge on any atom is -0.355 e. The summed E-state index contributed by atoms with van der Waals surface area (Å²) < 4.78 is 0. The van der Waals surface area contributed by atoms with Gasteiger partial charge in [0.1, 0.15) is 0 Å². The van der Waals surface area contributed by atoms with E-state index in [1.165, 1.54) is 0 Å². The zero-order valence-corrected chi connectivity index (χ0v) is 11.9. The highest BCUT2D eigenvalue weighted by molar-refractivity contribution is 5.80. The molecule has 6 nitrogen and oxygen atoms in total. The van der Waals surface area contributed by atoms with Crippen molar-refractivity contribution in [2.24, 2.45) is 5.92 Å². The van der Waals surface area contributed by atoms with Crippen LogP contribution in [0.25, 0.3) is 0 Å². The van der Waals surface area contributed by atoms with Gasteiger partial charge in [0, 0.05) is 44.2 Å². The number of aromatic amines is 1. The largest absolute Gasteiger partial charge is 0.355 e. The molecule has 2 N–H and O–H groups in total. The van der Waals surface area contributed by atoms with Crippen molar-refractivity contribution in [3.63, 3.8) is 0 Å². The number of hydrogen-bond acceptors (Lipinski definition) is 3. The fourth-order valence-corrected chi connectivity index (χ4v) is 2.54. The molecule has 0 atom stereocenters. The third kappa shape index (κ3) is 4.08. The number of nitrogens with one attached hydrogen (secondary N) is 2. The van der Waals surface area contributed by atoms with Crippen LogP contribution in [0.5, 0.6) is 0 Å². The minimum atomic E-state index is 0.0259. The van der Waals surface area contributed by atoms with E-state index in [1.807, 2.05) is 0 Å². The topological polar surface area (TPSA) is 78.1 Å². The van der Waals surface area contributed by atoms with Crippen LogP contribution >= 0.6 is 0 Å². The molecular formula is C14H22N4O2. The smallest absolute Gasteiger partial charge is 0.224 e. The number of rotatable bonds is 6. The Balaban J connectivity index is 1.65. The third-order valence-electron chi connectivity index (χ3n) is 3.76. The number of amides is 2. The van der Waals surface area contributed by atoms with Crippen LogP contribution in [0.2, 0.25) is 0 Å². The number of H-pyrrole nitrogens is 1. The summed E-state index contributed by atoms with van der Waals surface area (Å²) in [4.78, 5) is 25.4. The molecular weight excluding hydrogens is 256 g/mol. The first-order chi connectivity index (χ1) is 9.66. The predicted octanol–water partition coefficient (Wildman–Crippen LogP) is 1.06. The molecule has 0 aliphatic heterocycles. The molecule has 0 aromatic carbocycles. The van der Waals surface area contributed by atoms with Crippen molar-refractivity contribution in [2.75, 3.05) is 13.6 Å². The van der Waals surface area contributed by atoms with Crippen LogP contribution < -0.4 is 5.32 Å². The Morgan fingerprint density at radius 2 is 2.20 bits per heavy atom. The Kier molecular flexibility index (Phi) is 5.15. The third-order valence-corrected chi connectivity index (χ3v) is 3.76. The summed E-state index contributed by atoms with van der Waals surface area (Å²) in [5, 5.41) is 9.43. The maximum Gasteiger partial charge on any atom is 0.224 e. The Morgan fingerprint density at radius 3 is 2.85 bits per heavy atom. The molecule has 1 fully saturated rings. The summed E-state index contributed by atoms with van der Waals surface area (Å²) in [6, 6.07) is 0. The Morgan fingerprint density at radius 1 is 1.45 bits per heavy atom. The minimum absolute atomic E-state index is 0.0259. The Hall–Kier alpha value is -1.85. The van der Waals surface area contributed by atoms with Crippen LogP contribution in [-0.2, 0) is 16.1 Å². The first-order valence-electron chi connectivity index (χ1n) is 7.16. The lowest BCUT2D eigenvalue weighted by Gasteiger charge is -2.17. The molecule has 2 amide bonds. The molecule has 0 radical (unpaired) electrons. The molecule has 0 unspecified atom stereocenters. The lowest BCUT2D eigenvalue weighted by molar-refractivity contribution is -0.130. The zero-order valence-electron chi connectivity index (χ0n) is 11.9. The van der Waals surface area contributed by atoms with Gasteiger partial charge >= 0.3 is 0 Å². The predicted molar refractivity (Wildman–Crippen MR) is 74.6 cm³/mol. The molecule has 0 saturated heterocycles. The highest BCUT2D eigenvalue weighted by Crippen LogP contribution is 2.24. The van der Waals surface area contributed by atoms with Crippen LogP contribution in [0.4, 0.5) is 0 Å². The summed E-state index contributed by atoms with van der Waals surface area (Å²) in [5.74, 6) is 0.291. The van der Waals surface area contributed by atoms with Crippen molar-refractivity contribution < 1.29 is 9.59 Å². The quantitative estimate of drug-likeness (QED) is 0.817. The monoisotopic (exact) mass is 278 g/mol. The number of nitrogens with zero attached hydrogens (tertiary/aromatic N) is 2. The SMILES string of the molecule is CN(Cc1cn[nH]c1)C(=O)CCNC(=O)C1CCCC1. The van der Waals surface area contributed by atoms with E-state index in [2.05, 4.69) is 15.5 Å². The van der Waals surface area contributed by atoms with E-state index < -0.39 is 0 Å². The van der Waals surface area contributed by atoms with Crippen LogP contribution in [0.1, 0.15) is 37.7 Å². The van der Waals surface area contributed by atoms with Gasteiger partial charge in [-0.15, -0.1) is 0 Å². The number of carbonyl (C=O) groups excluding carboxylic acids is 2. The molecule has 110 valence electrons. The van der Waals surface area contributed by atoms with E-state index in [0.29, 0.717) is 19.5 Å². The van der Waals surface area contributed by atoms with E-state index in [4.69, 9.17) is 0 Å². The first-order valence-corrected chi connectivity index (χ1v) is 7.16. The summed E-state index contributed by atoms with van der Waals surface area (Å²) in [6.07, 6.45) is 8.07. The van der Waals surface area contributed by atoms with Gasteiger partial charge in [-0.25, -0.2) is 0 Å². The maximum absolute atomic E-state index is 11.9. The molecule has 6 heteroatoms. The number of carbonyl (C=O) groups is 2. The number of aromatic nitrogens is 2. The van der Waals surface area contributed by atoms with Crippen LogP contribution in [0.15, 0.2) is 12.4 Å². The van der Waals surface area contributed by atoms with Gasteiger partial charge in [-0.1, -0.05) is 12.8 Å². The molecule has 2 rings (SSSR count). The molecule has 1 aromatic heterocycles. The van der Waals surface area contributed by atoms with Crippen molar-refractivity contribution in [1.29, 1.82) is 0 Å². The van der Waals surface area contributed by atoms with Gasteiger partial charge in [0.2, 0.25) is 11.8 Å². The molecule has 1 aliphatic carbocycles. The lowest BCUT2D eigenvalue weighted by Crippen LogP contribution is -2.34. The summed E-state index contributed by atoms with van der Waals surface area (Å²) in [7, 11) is 1.76. The molecule has 0 bridgehead atoms. The molecule has 20 heavy (non-hydrogen) atoms. The van der Waals surface area contributed by atoms with Crippen molar-refractivity contribution in [1.82, 2.24) is 20.4 Å². The van der Waals surface area contributed by atoms with E-state index >= 15 is 0 Å². The first kappa shape index (κ1) is 14.6. The van der Waals surface area contributed by atoms with Gasteiger partial charge in [-0.2, -0.15) is 5.10 Å². The van der Waals surface area contributed by atoms with Crippen LogP contribution in [0.3, 0.4) is 0 Å². The molecule has 1 aromatic rings. The normalized spacial score (nSPS) is 15.2. The highest BCUT2D eigenvalue weighted by atomic mass is 16.2. The summed E-state index contributed by atoms with van der Waals surface area (Å²) in [6.45, 7) is 0.954. The Bertz CT molecular complexity index is 438. The van der Waals surface area contributed by atoms with E-state index in [1.54, 1.807) is 24.3 Å². The highest BCUT2D eigenvalue weighted by Gasteiger charge is 2.22. The second-order valence-electron chi connectivity index (χ2n) is 5.38. The van der Waals surface area contributed by atoms with Crippen LogP contribution in [-0.4, -0.2) is 40.5 Å². The molecule has 1 heterocycles. The molecule has 0 spiro atoms. The van der Waals surface area contributed by atoms with Gasteiger partial charge in [0.05, 0.1) is 6.20 Å². The van der Waals surface area contributed by atoms with E-state index in [9.17, 15) is 9.59 Å². The van der Waals surface area contributed by atoms with Crippen LogP contribution in [0, 0.1) is 5.92 Å². The zero-order chi connectivity index (χ0) is 14.4. The standard InChI is InChI=1S/C14H22N4O2/c1-18(10-11-8-16-17-9-11)13(19)6-7-15-14(20)12-4-2-3-5-12/h8-9,12H,2-7,10H2,1H3,(H,15,20)(H,16,17). The van der Waals surface area contributed by atoms with E-state index in [0.717, 1.165) is 31.2 Å². The van der Waals surface area contributed by atoms with Crippen molar-refractivity contribution in [3.05, 3.63) is 18.0 Å². The van der Waals surface area contributed by atoms with Gasteiger partial charge in [0.25, 0.3) is 0 Å². The van der Waals surface area contributed by atoms with Gasteiger partial charge < -0.3 is 10.2 Å². The second-order valence-corrected chi connectivity index (χ2v) is 5.38. The van der Waals surface area contributed by atoms with Crippen molar-refractivity contribution in [3.8, 4) is 0 Å². The summed E-state index contributed by atoms with van der Waals surface area (Å²) >= 11 is 0. The van der Waals surface area contributed by atoms with Gasteiger partial charge in [-0.3, -0.25) is 14.7 Å². The van der Waals surface area contributed by atoms with Gasteiger partial charge in [0.15, 0.2) is 0 Å². The fraction of sp³-hybridized carbons (Fsp3) is 0.643. The lowest BCUT2D eigenvalue weighted by atomic mass is 10.1. The second kappa shape index (κ2) is 7.07. The summed E-state index contributed by atoms with van der Waals surface area (Å²) in [5.41, 5.74) is 0.968. The average Bonchev–Trinajstić information content (AvgIpc) is 3.11. The van der Waals surface area contributed by atoms with Crippen molar-refractivity contribution in [2.45, 2.75) is 38.6 Å². The molecule has 1 aliphatic rings.